The van der Waals surface area contributed by atoms with E-state index in [9.17, 15) is 4.79 Å². The number of carbonyl (C=O) groups excluding carboxylic acids is 1. The molecule has 1 heterocycles. The van der Waals surface area contributed by atoms with Crippen LogP contribution in [-0.2, 0) is 5.75 Å². The Balaban J connectivity index is 2.00. The maximum Gasteiger partial charge on any atom is 0.256 e. The second-order valence-corrected chi connectivity index (χ2v) is 4.90. The molecule has 18 heavy (non-hydrogen) atoms. The molecule has 0 spiro atoms. The second kappa shape index (κ2) is 5.27. The minimum Gasteiger partial charge on any atom is -0.437 e. The van der Waals surface area contributed by atoms with Crippen LogP contribution in [0.2, 0.25) is 0 Å². The van der Waals surface area contributed by atoms with Gasteiger partial charge in [-0.3, -0.25) is 4.79 Å². The predicted octanol–water partition coefficient (Wildman–Crippen LogP) is 2.68. The van der Waals surface area contributed by atoms with Crippen LogP contribution >= 0.6 is 11.8 Å². The van der Waals surface area contributed by atoms with E-state index >= 15 is 0 Å². The summed E-state index contributed by atoms with van der Waals surface area (Å²) in [6.45, 7) is 3.82. The summed E-state index contributed by atoms with van der Waals surface area (Å²) in [5, 5.41) is 0.670. The number of nitrogens with zero attached hydrogens (tertiary/aromatic N) is 1. The van der Waals surface area contributed by atoms with Crippen molar-refractivity contribution in [2.24, 2.45) is 5.73 Å². The normalized spacial score (nSPS) is 10.6. The Morgan fingerprint density at radius 3 is 2.50 bits per heavy atom. The van der Waals surface area contributed by atoms with Gasteiger partial charge in [-0.05, 0) is 31.5 Å². The summed E-state index contributed by atoms with van der Waals surface area (Å²) in [7, 11) is 0. The summed E-state index contributed by atoms with van der Waals surface area (Å²) in [6.07, 6.45) is 0. The maximum absolute atomic E-state index is 10.9. The molecule has 0 saturated carbocycles. The first-order valence-electron chi connectivity index (χ1n) is 5.52. The molecular weight excluding hydrogens is 248 g/mol. The van der Waals surface area contributed by atoms with E-state index < -0.39 is 5.91 Å². The third-order valence-electron chi connectivity index (χ3n) is 2.61. The van der Waals surface area contributed by atoms with Gasteiger partial charge in [-0.25, -0.2) is 4.98 Å². The van der Waals surface area contributed by atoms with Crippen LogP contribution in [0.25, 0.3) is 0 Å². The summed E-state index contributed by atoms with van der Waals surface area (Å²) >= 11 is 1.53. The molecule has 2 N–H and O–H groups in total. The molecule has 5 heteroatoms. The summed E-state index contributed by atoms with van der Waals surface area (Å²) in [5.74, 6) is 1.19. The van der Waals surface area contributed by atoms with E-state index in [1.54, 1.807) is 12.1 Å². The number of benzene rings is 1. The van der Waals surface area contributed by atoms with Crippen molar-refractivity contribution in [3.8, 4) is 0 Å². The molecule has 0 aliphatic rings. The molecule has 0 atom stereocenters. The lowest BCUT2D eigenvalue weighted by Gasteiger charge is -2.00. The number of primary amides is 1. The first kappa shape index (κ1) is 12.7. The molecule has 0 unspecified atom stereocenters. The number of amides is 1. The van der Waals surface area contributed by atoms with Gasteiger partial charge in [-0.1, -0.05) is 23.9 Å². The van der Waals surface area contributed by atoms with E-state index in [0.29, 0.717) is 10.8 Å². The first-order chi connectivity index (χ1) is 8.56. The van der Waals surface area contributed by atoms with E-state index in [1.807, 2.05) is 26.0 Å². The van der Waals surface area contributed by atoms with Gasteiger partial charge in [0.25, 0.3) is 5.22 Å². The van der Waals surface area contributed by atoms with E-state index in [-0.39, 0.29) is 0 Å². The third-order valence-corrected chi connectivity index (χ3v) is 3.51. The van der Waals surface area contributed by atoms with Crippen molar-refractivity contribution in [3.63, 3.8) is 0 Å². The summed E-state index contributed by atoms with van der Waals surface area (Å²) in [5.41, 5.74) is 7.71. The van der Waals surface area contributed by atoms with Crippen LogP contribution in [0.5, 0.6) is 0 Å². The maximum atomic E-state index is 10.9. The zero-order valence-electron chi connectivity index (χ0n) is 10.3. The number of carbonyl (C=O) groups is 1. The molecule has 4 nitrogen and oxygen atoms in total. The number of rotatable bonds is 4. The van der Waals surface area contributed by atoms with Crippen LogP contribution in [0.15, 0.2) is 33.9 Å². The Labute approximate surface area is 110 Å². The molecule has 0 fully saturated rings. The minimum absolute atomic E-state index is 0.409. The zero-order chi connectivity index (χ0) is 13.1. The fraction of sp³-hybridized carbons (Fsp3) is 0.231. The van der Waals surface area contributed by atoms with Crippen LogP contribution < -0.4 is 5.73 Å². The second-order valence-electron chi connectivity index (χ2n) is 3.97. The smallest absolute Gasteiger partial charge is 0.256 e. The fourth-order valence-corrected chi connectivity index (χ4v) is 2.28. The molecule has 0 aliphatic heterocycles. The van der Waals surface area contributed by atoms with Crippen LogP contribution in [0.1, 0.15) is 27.4 Å². The Hall–Kier alpha value is -1.75. The van der Waals surface area contributed by atoms with Gasteiger partial charge in [0.15, 0.2) is 0 Å². The molecule has 2 aromatic rings. The van der Waals surface area contributed by atoms with Crippen LogP contribution in [0.4, 0.5) is 0 Å². The average Bonchev–Trinajstić information content (AvgIpc) is 2.67. The Kier molecular flexibility index (Phi) is 3.72. The molecular formula is C13H14N2O2S. The molecule has 2 rings (SSSR count). The van der Waals surface area contributed by atoms with Gasteiger partial charge in [0.1, 0.15) is 5.76 Å². The van der Waals surface area contributed by atoms with Gasteiger partial charge in [-0.15, -0.1) is 0 Å². The van der Waals surface area contributed by atoms with Crippen molar-refractivity contribution in [2.75, 3.05) is 0 Å². The minimum atomic E-state index is -0.409. The van der Waals surface area contributed by atoms with Crippen molar-refractivity contribution in [3.05, 3.63) is 46.8 Å². The number of aryl methyl sites for hydroxylation is 2. The monoisotopic (exact) mass is 262 g/mol. The molecule has 0 saturated heterocycles. The molecule has 1 amide bonds. The largest absolute Gasteiger partial charge is 0.437 e. The van der Waals surface area contributed by atoms with Gasteiger partial charge in [0.2, 0.25) is 5.91 Å². The SMILES string of the molecule is Cc1nc(SCc2ccc(C(N)=O)cc2)oc1C. The lowest BCUT2D eigenvalue weighted by atomic mass is 10.1. The van der Waals surface area contributed by atoms with Crippen LogP contribution in [0.3, 0.4) is 0 Å². The van der Waals surface area contributed by atoms with Crippen LogP contribution in [0, 0.1) is 13.8 Å². The summed E-state index contributed by atoms with van der Waals surface area (Å²) in [6, 6.07) is 7.22. The predicted molar refractivity (Wildman–Crippen MR) is 70.5 cm³/mol. The van der Waals surface area contributed by atoms with Crippen molar-refractivity contribution in [1.82, 2.24) is 4.98 Å². The summed E-state index contributed by atoms with van der Waals surface area (Å²) < 4.78 is 5.48. The Bertz CT molecular complexity index is 541. The van der Waals surface area contributed by atoms with Crippen molar-refractivity contribution < 1.29 is 9.21 Å². The van der Waals surface area contributed by atoms with Crippen molar-refractivity contribution >= 4 is 17.7 Å². The van der Waals surface area contributed by atoms with Crippen molar-refractivity contribution in [2.45, 2.75) is 24.8 Å². The number of hydrogen-bond acceptors (Lipinski definition) is 4. The highest BCUT2D eigenvalue weighted by Gasteiger charge is 2.06. The van der Waals surface area contributed by atoms with Gasteiger partial charge in [0, 0.05) is 11.3 Å². The first-order valence-corrected chi connectivity index (χ1v) is 6.50. The lowest BCUT2D eigenvalue weighted by molar-refractivity contribution is 0.100. The highest BCUT2D eigenvalue weighted by molar-refractivity contribution is 7.98. The Morgan fingerprint density at radius 2 is 2.00 bits per heavy atom. The van der Waals surface area contributed by atoms with Gasteiger partial charge in [-0.2, -0.15) is 0 Å². The topological polar surface area (TPSA) is 69.1 Å². The lowest BCUT2D eigenvalue weighted by Crippen LogP contribution is -2.10. The standard InChI is InChI=1S/C13H14N2O2S/c1-8-9(2)17-13(15-8)18-7-10-3-5-11(6-4-10)12(14)16/h3-6H,7H2,1-2H3,(H2,14,16). The van der Waals surface area contributed by atoms with E-state index in [2.05, 4.69) is 4.98 Å². The van der Waals surface area contributed by atoms with Crippen LogP contribution in [-0.4, -0.2) is 10.9 Å². The molecule has 0 radical (unpaired) electrons. The number of thioether (sulfide) groups is 1. The highest BCUT2D eigenvalue weighted by Crippen LogP contribution is 2.24. The van der Waals surface area contributed by atoms with Gasteiger partial charge in [0.05, 0.1) is 5.69 Å². The van der Waals surface area contributed by atoms with E-state index in [0.717, 1.165) is 22.8 Å². The van der Waals surface area contributed by atoms with E-state index in [1.165, 1.54) is 11.8 Å². The molecule has 0 aliphatic carbocycles. The van der Waals surface area contributed by atoms with Gasteiger partial charge >= 0.3 is 0 Å². The Morgan fingerprint density at radius 1 is 1.33 bits per heavy atom. The quantitative estimate of drug-likeness (QED) is 0.860. The average molecular weight is 262 g/mol. The number of oxazole rings is 1. The van der Waals surface area contributed by atoms with Crippen molar-refractivity contribution in [1.29, 1.82) is 0 Å². The number of nitrogens with two attached hydrogens (primary N) is 1. The van der Waals surface area contributed by atoms with E-state index in [4.69, 9.17) is 10.2 Å². The highest BCUT2D eigenvalue weighted by atomic mass is 32.2. The molecule has 1 aromatic heterocycles. The molecule has 0 bridgehead atoms. The summed E-state index contributed by atoms with van der Waals surface area (Å²) in [4.78, 5) is 15.2. The third kappa shape index (κ3) is 2.92. The fourth-order valence-electron chi connectivity index (χ4n) is 1.42. The molecule has 94 valence electrons. The number of hydrogen-bond donors (Lipinski definition) is 1. The van der Waals surface area contributed by atoms with Gasteiger partial charge < -0.3 is 10.2 Å². The zero-order valence-corrected chi connectivity index (χ0v) is 11.1. The number of aromatic nitrogens is 1. The molecule has 1 aromatic carbocycles.